The fraction of sp³-hybridized carbons (Fsp3) is 0.483. The zero-order valence-electron chi connectivity index (χ0n) is 22.9. The highest BCUT2D eigenvalue weighted by Gasteiger charge is 2.51. The Morgan fingerprint density at radius 3 is 2.42 bits per heavy atom. The van der Waals surface area contributed by atoms with Gasteiger partial charge in [-0.15, -0.1) is 0 Å². The van der Waals surface area contributed by atoms with Gasteiger partial charge in [-0.2, -0.15) is 0 Å². The molecule has 1 saturated heterocycles. The van der Waals surface area contributed by atoms with Gasteiger partial charge in [-0.05, 0) is 70.5 Å². The van der Waals surface area contributed by atoms with Crippen molar-refractivity contribution in [3.05, 3.63) is 60.3 Å². The summed E-state index contributed by atoms with van der Waals surface area (Å²) in [6.07, 6.45) is 5.19. The summed E-state index contributed by atoms with van der Waals surface area (Å²) in [6.45, 7) is 8.50. The van der Waals surface area contributed by atoms with E-state index in [0.717, 1.165) is 47.6 Å². The van der Waals surface area contributed by atoms with E-state index < -0.39 is 7.12 Å². The maximum absolute atomic E-state index is 12.2. The summed E-state index contributed by atoms with van der Waals surface area (Å²) >= 11 is 0. The van der Waals surface area contributed by atoms with Crippen molar-refractivity contribution in [2.45, 2.75) is 83.3 Å². The third-order valence-electron chi connectivity index (χ3n) is 8.21. The summed E-state index contributed by atoms with van der Waals surface area (Å²) < 4.78 is 17.8. The average Bonchev–Trinajstić information content (AvgIpc) is 3.14. The van der Waals surface area contributed by atoms with Crippen LogP contribution in [0.5, 0.6) is 0 Å². The SMILES string of the molecule is CN(c1ncc2cc(B3OC(C)(C)C(C)(C)O3)ccc2n1)C1CCC(NC(=O)OCc2ccccc2)CC1. The van der Waals surface area contributed by atoms with Gasteiger partial charge in [0.15, 0.2) is 0 Å². The first-order valence-corrected chi connectivity index (χ1v) is 13.4. The monoisotopic (exact) mass is 516 g/mol. The number of benzene rings is 2. The summed E-state index contributed by atoms with van der Waals surface area (Å²) in [7, 11) is 1.64. The number of rotatable bonds is 6. The van der Waals surface area contributed by atoms with Gasteiger partial charge in [-0.1, -0.05) is 42.5 Å². The number of hydrogen-bond donors (Lipinski definition) is 1. The van der Waals surface area contributed by atoms with E-state index in [4.69, 9.17) is 19.0 Å². The van der Waals surface area contributed by atoms with Crippen LogP contribution in [0.2, 0.25) is 0 Å². The van der Waals surface area contributed by atoms with E-state index in [1.165, 1.54) is 0 Å². The van der Waals surface area contributed by atoms with Crippen LogP contribution in [0.15, 0.2) is 54.7 Å². The minimum Gasteiger partial charge on any atom is -0.445 e. The predicted molar refractivity (Wildman–Crippen MR) is 149 cm³/mol. The molecule has 2 fully saturated rings. The third-order valence-corrected chi connectivity index (χ3v) is 8.21. The molecule has 5 rings (SSSR count). The molecule has 1 amide bonds. The highest BCUT2D eigenvalue weighted by atomic mass is 16.7. The van der Waals surface area contributed by atoms with Crippen LogP contribution in [0, 0.1) is 0 Å². The molecular formula is C29H37BN4O4. The Kier molecular flexibility index (Phi) is 7.33. The first-order valence-electron chi connectivity index (χ1n) is 13.4. The van der Waals surface area contributed by atoms with Gasteiger partial charge in [0.1, 0.15) is 6.61 Å². The van der Waals surface area contributed by atoms with Crippen molar-refractivity contribution in [3.8, 4) is 0 Å². The van der Waals surface area contributed by atoms with E-state index in [9.17, 15) is 4.79 Å². The van der Waals surface area contributed by atoms with Crippen LogP contribution in [0.1, 0.15) is 58.9 Å². The zero-order chi connectivity index (χ0) is 26.9. The number of aromatic nitrogens is 2. The summed E-state index contributed by atoms with van der Waals surface area (Å²) in [6, 6.07) is 16.2. The fourth-order valence-corrected chi connectivity index (χ4v) is 5.04. The quantitative estimate of drug-likeness (QED) is 0.480. The standard InChI is InChI=1S/C29H37BN4O4/c1-28(2)29(3,4)38-30(37-28)22-11-16-25-21(17-22)18-31-26(33-25)34(5)24-14-12-23(13-15-24)32-27(35)36-19-20-9-7-6-8-10-20/h6-11,16-18,23-24H,12-15,19H2,1-5H3,(H,32,35). The molecule has 9 heteroatoms. The van der Waals surface area contributed by atoms with Crippen LogP contribution in [-0.2, 0) is 20.7 Å². The molecule has 1 N–H and O–H groups in total. The van der Waals surface area contributed by atoms with E-state index in [-0.39, 0.29) is 29.9 Å². The number of carbonyl (C=O) groups excluding carboxylic acids is 1. The summed E-state index contributed by atoms with van der Waals surface area (Å²) in [5.41, 5.74) is 2.07. The maximum atomic E-state index is 12.2. The summed E-state index contributed by atoms with van der Waals surface area (Å²) in [4.78, 5) is 23.9. The molecule has 8 nitrogen and oxygen atoms in total. The molecule has 2 aromatic carbocycles. The lowest BCUT2D eigenvalue weighted by molar-refractivity contribution is 0.00578. The minimum atomic E-state index is -0.411. The van der Waals surface area contributed by atoms with Crippen molar-refractivity contribution in [1.29, 1.82) is 0 Å². The number of anilines is 1. The largest absolute Gasteiger partial charge is 0.494 e. The van der Waals surface area contributed by atoms with Crippen molar-refractivity contribution in [1.82, 2.24) is 15.3 Å². The molecule has 0 spiro atoms. The van der Waals surface area contributed by atoms with Gasteiger partial charge >= 0.3 is 13.2 Å². The molecule has 0 unspecified atom stereocenters. The van der Waals surface area contributed by atoms with Crippen molar-refractivity contribution in [2.75, 3.05) is 11.9 Å². The molecule has 2 aliphatic rings. The van der Waals surface area contributed by atoms with E-state index in [1.54, 1.807) is 0 Å². The Balaban J connectivity index is 1.15. The van der Waals surface area contributed by atoms with Gasteiger partial charge in [0, 0.05) is 30.7 Å². The van der Waals surface area contributed by atoms with E-state index >= 15 is 0 Å². The predicted octanol–water partition coefficient (Wildman–Crippen LogP) is 4.60. The van der Waals surface area contributed by atoms with Gasteiger partial charge in [-0.25, -0.2) is 14.8 Å². The number of hydrogen-bond acceptors (Lipinski definition) is 7. The van der Waals surface area contributed by atoms with Gasteiger partial charge in [-0.3, -0.25) is 0 Å². The normalized spacial score (nSPS) is 22.3. The van der Waals surface area contributed by atoms with E-state index in [2.05, 4.69) is 49.0 Å². The number of carbonyl (C=O) groups is 1. The van der Waals surface area contributed by atoms with Crippen LogP contribution >= 0.6 is 0 Å². The highest BCUT2D eigenvalue weighted by molar-refractivity contribution is 6.62. The van der Waals surface area contributed by atoms with Crippen molar-refractivity contribution in [2.24, 2.45) is 0 Å². The number of alkyl carbamates (subject to hydrolysis) is 1. The second-order valence-electron chi connectivity index (χ2n) is 11.4. The van der Waals surface area contributed by atoms with Crippen LogP contribution < -0.4 is 15.7 Å². The average molecular weight is 516 g/mol. The van der Waals surface area contributed by atoms with Crippen LogP contribution in [0.3, 0.4) is 0 Å². The van der Waals surface area contributed by atoms with Gasteiger partial charge < -0.3 is 24.3 Å². The van der Waals surface area contributed by atoms with Crippen molar-refractivity contribution < 1.29 is 18.8 Å². The van der Waals surface area contributed by atoms with E-state index in [1.807, 2.05) is 55.7 Å². The van der Waals surface area contributed by atoms with Crippen molar-refractivity contribution in [3.63, 3.8) is 0 Å². The summed E-state index contributed by atoms with van der Waals surface area (Å²) in [5.74, 6) is 0.708. The second-order valence-corrected chi connectivity index (χ2v) is 11.4. The number of fused-ring (bicyclic) bond motifs is 1. The highest BCUT2D eigenvalue weighted by Crippen LogP contribution is 2.36. The van der Waals surface area contributed by atoms with Crippen LogP contribution in [0.25, 0.3) is 10.9 Å². The molecule has 200 valence electrons. The zero-order valence-corrected chi connectivity index (χ0v) is 22.9. The molecule has 1 aliphatic heterocycles. The summed E-state index contributed by atoms with van der Waals surface area (Å²) in [5, 5.41) is 3.97. The Morgan fingerprint density at radius 2 is 1.74 bits per heavy atom. The lowest BCUT2D eigenvalue weighted by atomic mass is 9.78. The molecule has 0 atom stereocenters. The molecule has 1 aromatic heterocycles. The molecule has 38 heavy (non-hydrogen) atoms. The second kappa shape index (κ2) is 10.5. The molecule has 0 radical (unpaired) electrons. The Labute approximate surface area is 225 Å². The fourth-order valence-electron chi connectivity index (χ4n) is 5.04. The lowest BCUT2D eigenvalue weighted by Crippen LogP contribution is -2.43. The lowest BCUT2D eigenvalue weighted by Gasteiger charge is -2.34. The van der Waals surface area contributed by atoms with Gasteiger partial charge in [0.2, 0.25) is 5.95 Å². The topological polar surface area (TPSA) is 85.8 Å². The molecule has 2 heterocycles. The Bertz CT molecular complexity index is 1260. The molecule has 0 bridgehead atoms. The molecule has 3 aromatic rings. The smallest absolute Gasteiger partial charge is 0.445 e. The molecular weight excluding hydrogens is 479 g/mol. The van der Waals surface area contributed by atoms with E-state index in [0.29, 0.717) is 12.0 Å². The Hall–Kier alpha value is -3.17. The minimum absolute atomic E-state index is 0.119. The first-order chi connectivity index (χ1) is 18.1. The number of nitrogens with one attached hydrogen (secondary N) is 1. The Morgan fingerprint density at radius 1 is 1.05 bits per heavy atom. The van der Waals surface area contributed by atoms with Gasteiger partial charge in [0.25, 0.3) is 0 Å². The molecule has 1 aliphatic carbocycles. The van der Waals surface area contributed by atoms with Gasteiger partial charge in [0.05, 0.1) is 16.7 Å². The van der Waals surface area contributed by atoms with Crippen LogP contribution in [0.4, 0.5) is 10.7 Å². The number of ether oxygens (including phenoxy) is 1. The first kappa shape index (κ1) is 26.4. The maximum Gasteiger partial charge on any atom is 0.494 e. The molecule has 1 saturated carbocycles. The van der Waals surface area contributed by atoms with Crippen LogP contribution in [-0.4, -0.2) is 53.5 Å². The number of amides is 1. The number of nitrogens with zero attached hydrogens (tertiary/aromatic N) is 3. The third kappa shape index (κ3) is 5.64. The van der Waals surface area contributed by atoms with Crippen molar-refractivity contribution >= 4 is 35.5 Å².